The molecule has 2 rings (SSSR count). The predicted octanol–water partition coefficient (Wildman–Crippen LogP) is 2.37. The number of rotatable bonds is 9. The fourth-order valence-electron chi connectivity index (χ4n) is 2.46. The molecular formula is C19H25NO5S. The summed E-state index contributed by atoms with van der Waals surface area (Å²) in [6.45, 7) is 3.86. The lowest BCUT2D eigenvalue weighted by Crippen LogP contribution is -2.42. The molecule has 0 amide bonds. The van der Waals surface area contributed by atoms with Crippen LogP contribution < -0.4 is 14.2 Å². The molecule has 1 atom stereocenters. The average Bonchev–Trinajstić information content (AvgIpc) is 2.61. The van der Waals surface area contributed by atoms with Crippen LogP contribution in [0.25, 0.3) is 0 Å². The van der Waals surface area contributed by atoms with Gasteiger partial charge in [-0.05, 0) is 55.8 Å². The highest BCUT2D eigenvalue weighted by molar-refractivity contribution is 7.89. The maximum absolute atomic E-state index is 12.4. The highest BCUT2D eigenvalue weighted by Gasteiger charge is 2.24. The quantitative estimate of drug-likeness (QED) is 0.699. The largest absolute Gasteiger partial charge is 0.497 e. The van der Waals surface area contributed by atoms with Gasteiger partial charge in [0.1, 0.15) is 11.5 Å². The van der Waals surface area contributed by atoms with Crippen LogP contribution in [-0.2, 0) is 16.4 Å². The molecule has 142 valence electrons. The van der Waals surface area contributed by atoms with E-state index < -0.39 is 15.6 Å². The van der Waals surface area contributed by atoms with Crippen molar-refractivity contribution in [2.24, 2.45) is 0 Å². The Kier molecular flexibility index (Phi) is 6.63. The second-order valence-corrected chi connectivity index (χ2v) is 8.02. The summed E-state index contributed by atoms with van der Waals surface area (Å²) in [5.74, 6) is 1.34. The topological polar surface area (TPSA) is 84.9 Å². The molecule has 0 radical (unpaired) electrons. The van der Waals surface area contributed by atoms with Crippen molar-refractivity contribution >= 4 is 10.0 Å². The highest BCUT2D eigenvalue weighted by Crippen LogP contribution is 2.19. The number of aliphatic hydroxyl groups is 1. The monoisotopic (exact) mass is 379 g/mol. The summed E-state index contributed by atoms with van der Waals surface area (Å²) in [4.78, 5) is 0.126. The first kappa shape index (κ1) is 20.2. The van der Waals surface area contributed by atoms with Crippen molar-refractivity contribution in [3.05, 3.63) is 54.1 Å². The van der Waals surface area contributed by atoms with Crippen LogP contribution in [0.2, 0.25) is 0 Å². The average molecular weight is 379 g/mol. The fraction of sp³-hybridized carbons (Fsp3) is 0.368. The molecule has 2 aromatic carbocycles. The Labute approximate surface area is 154 Å². The summed E-state index contributed by atoms with van der Waals surface area (Å²) < 4.78 is 37.7. The maximum Gasteiger partial charge on any atom is 0.240 e. The molecule has 0 saturated heterocycles. The zero-order valence-corrected chi connectivity index (χ0v) is 16.0. The van der Waals surface area contributed by atoms with Crippen molar-refractivity contribution in [2.75, 3.05) is 20.3 Å². The van der Waals surface area contributed by atoms with Gasteiger partial charge in [0, 0.05) is 13.0 Å². The molecule has 0 aliphatic rings. The van der Waals surface area contributed by atoms with Gasteiger partial charge in [0.05, 0.1) is 24.2 Å². The van der Waals surface area contributed by atoms with Gasteiger partial charge in [0.25, 0.3) is 0 Å². The van der Waals surface area contributed by atoms with E-state index in [9.17, 15) is 13.5 Å². The molecule has 0 aliphatic heterocycles. The lowest BCUT2D eigenvalue weighted by atomic mass is 9.97. The molecule has 2 aromatic rings. The van der Waals surface area contributed by atoms with Gasteiger partial charge in [0.2, 0.25) is 10.0 Å². The van der Waals surface area contributed by atoms with Crippen LogP contribution in [0, 0.1) is 0 Å². The first-order valence-electron chi connectivity index (χ1n) is 8.33. The van der Waals surface area contributed by atoms with Gasteiger partial charge in [-0.25, -0.2) is 13.1 Å². The van der Waals surface area contributed by atoms with Gasteiger partial charge in [0.15, 0.2) is 0 Å². The maximum atomic E-state index is 12.4. The van der Waals surface area contributed by atoms with Crippen LogP contribution in [-0.4, -0.2) is 39.4 Å². The number of hydrogen-bond donors (Lipinski definition) is 2. The van der Waals surface area contributed by atoms with E-state index in [0.29, 0.717) is 18.8 Å². The van der Waals surface area contributed by atoms with Crippen LogP contribution in [0.1, 0.15) is 19.4 Å². The minimum atomic E-state index is -3.71. The van der Waals surface area contributed by atoms with Crippen LogP contribution in [0.15, 0.2) is 53.4 Å². The number of ether oxygens (including phenoxy) is 2. The van der Waals surface area contributed by atoms with Gasteiger partial charge in [-0.3, -0.25) is 0 Å². The number of hydrogen-bond acceptors (Lipinski definition) is 5. The first-order chi connectivity index (χ1) is 12.3. The van der Waals surface area contributed by atoms with E-state index >= 15 is 0 Å². The SMILES string of the molecule is CCOc1ccc(S(=O)(=O)NCC(C)(O)Cc2ccc(OC)cc2)cc1. The van der Waals surface area contributed by atoms with Crippen molar-refractivity contribution < 1.29 is 23.0 Å². The second kappa shape index (κ2) is 8.53. The molecule has 1 unspecified atom stereocenters. The van der Waals surface area contributed by atoms with Gasteiger partial charge >= 0.3 is 0 Å². The molecule has 6 nitrogen and oxygen atoms in total. The zero-order chi connectivity index (χ0) is 19.2. The van der Waals surface area contributed by atoms with E-state index in [2.05, 4.69) is 4.72 Å². The third-order valence-corrected chi connectivity index (χ3v) is 5.25. The Bertz CT molecular complexity index is 799. The third kappa shape index (κ3) is 5.72. The van der Waals surface area contributed by atoms with Gasteiger partial charge in [-0.1, -0.05) is 12.1 Å². The van der Waals surface area contributed by atoms with E-state index in [4.69, 9.17) is 9.47 Å². The number of methoxy groups -OCH3 is 1. The molecule has 0 bridgehead atoms. The Morgan fingerprint density at radius 2 is 1.62 bits per heavy atom. The summed E-state index contributed by atoms with van der Waals surface area (Å²) >= 11 is 0. The van der Waals surface area contributed by atoms with Crippen molar-refractivity contribution in [3.8, 4) is 11.5 Å². The summed E-state index contributed by atoms with van der Waals surface area (Å²) in [6.07, 6.45) is 0.308. The molecule has 0 spiro atoms. The zero-order valence-electron chi connectivity index (χ0n) is 15.2. The fourth-order valence-corrected chi connectivity index (χ4v) is 3.62. The Morgan fingerprint density at radius 1 is 1.04 bits per heavy atom. The number of benzene rings is 2. The molecule has 0 saturated carbocycles. The minimum absolute atomic E-state index is 0.103. The molecule has 26 heavy (non-hydrogen) atoms. The van der Waals surface area contributed by atoms with Gasteiger partial charge in [-0.15, -0.1) is 0 Å². The van der Waals surface area contributed by atoms with Crippen molar-refractivity contribution in [2.45, 2.75) is 30.8 Å². The highest BCUT2D eigenvalue weighted by atomic mass is 32.2. The molecule has 0 aromatic heterocycles. The van der Waals surface area contributed by atoms with Crippen LogP contribution in [0.5, 0.6) is 11.5 Å². The molecular weight excluding hydrogens is 354 g/mol. The van der Waals surface area contributed by atoms with E-state index in [-0.39, 0.29) is 11.4 Å². The van der Waals surface area contributed by atoms with Crippen molar-refractivity contribution in [3.63, 3.8) is 0 Å². The Morgan fingerprint density at radius 3 is 2.15 bits per heavy atom. The predicted molar refractivity (Wildman–Crippen MR) is 100 cm³/mol. The van der Waals surface area contributed by atoms with Crippen LogP contribution >= 0.6 is 0 Å². The third-order valence-electron chi connectivity index (χ3n) is 3.83. The molecule has 7 heteroatoms. The summed E-state index contributed by atoms with van der Waals surface area (Å²) in [6, 6.07) is 13.5. The standard InChI is InChI=1S/C19H25NO5S/c1-4-25-17-9-11-18(12-10-17)26(22,23)20-14-19(2,21)13-15-5-7-16(24-3)8-6-15/h5-12,20-21H,4,13-14H2,1-3H3. The van der Waals surface area contributed by atoms with Crippen molar-refractivity contribution in [1.82, 2.24) is 4.72 Å². The van der Waals surface area contributed by atoms with E-state index in [0.717, 1.165) is 11.3 Å². The lowest BCUT2D eigenvalue weighted by molar-refractivity contribution is 0.0657. The minimum Gasteiger partial charge on any atom is -0.497 e. The molecule has 0 heterocycles. The summed E-state index contributed by atoms with van der Waals surface area (Å²) in [5.41, 5.74) is -0.344. The van der Waals surface area contributed by atoms with Crippen LogP contribution in [0.3, 0.4) is 0 Å². The van der Waals surface area contributed by atoms with Crippen LogP contribution in [0.4, 0.5) is 0 Å². The van der Waals surface area contributed by atoms with Gasteiger partial charge < -0.3 is 14.6 Å². The normalized spacial score (nSPS) is 13.8. The smallest absolute Gasteiger partial charge is 0.240 e. The lowest BCUT2D eigenvalue weighted by Gasteiger charge is -2.24. The Hall–Kier alpha value is -2.09. The Balaban J connectivity index is 1.99. The van der Waals surface area contributed by atoms with E-state index in [1.807, 2.05) is 19.1 Å². The molecule has 0 fully saturated rings. The van der Waals surface area contributed by atoms with E-state index in [1.165, 1.54) is 12.1 Å². The van der Waals surface area contributed by atoms with E-state index in [1.54, 1.807) is 38.3 Å². The van der Waals surface area contributed by atoms with Gasteiger partial charge in [-0.2, -0.15) is 0 Å². The molecule has 2 N–H and O–H groups in total. The molecule has 0 aliphatic carbocycles. The number of nitrogens with one attached hydrogen (secondary N) is 1. The first-order valence-corrected chi connectivity index (χ1v) is 9.82. The number of sulfonamides is 1. The summed E-state index contributed by atoms with van der Waals surface area (Å²) in [5, 5.41) is 10.5. The summed E-state index contributed by atoms with van der Waals surface area (Å²) in [7, 11) is -2.13. The second-order valence-electron chi connectivity index (χ2n) is 6.25. The van der Waals surface area contributed by atoms with Crippen molar-refractivity contribution in [1.29, 1.82) is 0 Å².